The fourth-order valence-corrected chi connectivity index (χ4v) is 3.34. The average Bonchev–Trinajstić information content (AvgIpc) is 2.38. The van der Waals surface area contributed by atoms with E-state index in [2.05, 4.69) is 17.4 Å². The zero-order valence-electron chi connectivity index (χ0n) is 10.6. The first-order valence-electron chi connectivity index (χ1n) is 6.72. The molecule has 1 aliphatic carbocycles. The summed E-state index contributed by atoms with van der Waals surface area (Å²) in [4.78, 5) is 0. The molecule has 0 amide bonds. The fraction of sp³-hybridized carbons (Fsp3) is 0.600. The molecule has 1 aromatic rings. The molecule has 17 heavy (non-hydrogen) atoms. The van der Waals surface area contributed by atoms with Crippen LogP contribution in [0.2, 0.25) is 5.02 Å². The number of likely N-dealkylation sites (N-methyl/N-ethyl adjacent to an activating group) is 1. The van der Waals surface area contributed by atoms with Gasteiger partial charge in [-0.15, -0.1) is 0 Å². The van der Waals surface area contributed by atoms with Crippen LogP contribution in [-0.2, 0) is 0 Å². The Hall–Kier alpha value is -0.530. The molecule has 1 atom stereocenters. The van der Waals surface area contributed by atoms with E-state index in [1.807, 2.05) is 19.2 Å². The monoisotopic (exact) mass is 251 g/mol. The predicted octanol–water partition coefficient (Wildman–Crippen LogP) is 4.22. The van der Waals surface area contributed by atoms with Crippen molar-refractivity contribution < 1.29 is 0 Å². The molecule has 1 nitrogen and oxygen atoms in total. The van der Waals surface area contributed by atoms with E-state index in [0.717, 1.165) is 17.5 Å². The lowest BCUT2D eigenvalue weighted by molar-refractivity contribution is 0.300. The van der Waals surface area contributed by atoms with E-state index in [1.54, 1.807) is 0 Å². The van der Waals surface area contributed by atoms with Crippen molar-refractivity contribution in [2.24, 2.45) is 5.92 Å². The van der Waals surface area contributed by atoms with Crippen LogP contribution in [0.15, 0.2) is 24.3 Å². The van der Waals surface area contributed by atoms with Crippen molar-refractivity contribution >= 4 is 11.6 Å². The molecule has 0 aromatic heterocycles. The molecule has 1 fully saturated rings. The van der Waals surface area contributed by atoms with Gasteiger partial charge >= 0.3 is 0 Å². The lowest BCUT2D eigenvalue weighted by Gasteiger charge is -2.31. The molecule has 2 heteroatoms. The summed E-state index contributed by atoms with van der Waals surface area (Å²) < 4.78 is 0. The van der Waals surface area contributed by atoms with Gasteiger partial charge in [-0.05, 0) is 37.4 Å². The molecule has 2 rings (SSSR count). The van der Waals surface area contributed by atoms with Gasteiger partial charge in [-0.2, -0.15) is 0 Å². The van der Waals surface area contributed by atoms with E-state index >= 15 is 0 Å². The number of benzene rings is 1. The molecular formula is C15H22ClN. The van der Waals surface area contributed by atoms with Crippen molar-refractivity contribution in [3.63, 3.8) is 0 Å². The van der Waals surface area contributed by atoms with E-state index < -0.39 is 0 Å². The molecule has 0 aliphatic heterocycles. The Balaban J connectivity index is 2.18. The summed E-state index contributed by atoms with van der Waals surface area (Å²) in [5.74, 6) is 1.38. The summed E-state index contributed by atoms with van der Waals surface area (Å²) in [5.41, 5.74) is 1.33. The SMILES string of the molecule is CNCC(c1ccccc1Cl)C1CCCCC1. The van der Waals surface area contributed by atoms with Gasteiger partial charge in [-0.1, -0.05) is 49.1 Å². The number of nitrogens with one attached hydrogen (secondary N) is 1. The Morgan fingerprint density at radius 1 is 1.24 bits per heavy atom. The van der Waals surface area contributed by atoms with Crippen LogP contribution in [0.25, 0.3) is 0 Å². The Labute approximate surface area is 110 Å². The molecule has 1 saturated carbocycles. The number of halogens is 1. The Bertz CT molecular complexity index is 345. The number of rotatable bonds is 4. The molecule has 0 radical (unpaired) electrons. The lowest BCUT2D eigenvalue weighted by Crippen LogP contribution is -2.26. The molecule has 0 bridgehead atoms. The third kappa shape index (κ3) is 3.23. The molecule has 1 unspecified atom stereocenters. The van der Waals surface area contributed by atoms with Gasteiger partial charge in [0.2, 0.25) is 0 Å². The van der Waals surface area contributed by atoms with Crippen molar-refractivity contribution in [3.8, 4) is 0 Å². The first-order valence-corrected chi connectivity index (χ1v) is 7.09. The first kappa shape index (κ1) is 12.9. The second-order valence-corrected chi connectivity index (χ2v) is 5.49. The lowest BCUT2D eigenvalue weighted by atomic mass is 9.77. The topological polar surface area (TPSA) is 12.0 Å². The second kappa shape index (κ2) is 6.42. The summed E-state index contributed by atoms with van der Waals surface area (Å²) in [6, 6.07) is 8.33. The molecular weight excluding hydrogens is 230 g/mol. The maximum absolute atomic E-state index is 6.35. The van der Waals surface area contributed by atoms with Crippen LogP contribution in [0.1, 0.15) is 43.6 Å². The van der Waals surface area contributed by atoms with Gasteiger partial charge in [0.15, 0.2) is 0 Å². The van der Waals surface area contributed by atoms with Crippen LogP contribution in [0.3, 0.4) is 0 Å². The second-order valence-electron chi connectivity index (χ2n) is 5.08. The van der Waals surface area contributed by atoms with Crippen molar-refractivity contribution in [1.82, 2.24) is 5.32 Å². The highest BCUT2D eigenvalue weighted by Crippen LogP contribution is 2.38. The van der Waals surface area contributed by atoms with E-state index in [4.69, 9.17) is 11.6 Å². The first-order chi connectivity index (χ1) is 8.33. The quantitative estimate of drug-likeness (QED) is 0.845. The van der Waals surface area contributed by atoms with Crippen molar-refractivity contribution in [3.05, 3.63) is 34.9 Å². The molecule has 94 valence electrons. The largest absolute Gasteiger partial charge is 0.319 e. The van der Waals surface area contributed by atoms with Crippen LogP contribution in [0, 0.1) is 5.92 Å². The molecule has 1 aromatic carbocycles. The van der Waals surface area contributed by atoms with E-state index in [-0.39, 0.29) is 0 Å². The maximum Gasteiger partial charge on any atom is 0.0441 e. The summed E-state index contributed by atoms with van der Waals surface area (Å²) in [5, 5.41) is 4.26. The fourth-order valence-electron chi connectivity index (χ4n) is 3.06. The predicted molar refractivity (Wildman–Crippen MR) is 74.7 cm³/mol. The highest BCUT2D eigenvalue weighted by molar-refractivity contribution is 6.31. The minimum atomic E-state index is 0.578. The molecule has 0 saturated heterocycles. The van der Waals surface area contributed by atoms with Crippen molar-refractivity contribution in [2.75, 3.05) is 13.6 Å². The average molecular weight is 252 g/mol. The standard InChI is InChI=1S/C15H22ClN/c1-17-11-14(12-7-3-2-4-8-12)13-9-5-6-10-15(13)16/h5-6,9-10,12,14,17H,2-4,7-8,11H2,1H3. The minimum Gasteiger partial charge on any atom is -0.319 e. The van der Waals surface area contributed by atoms with Crippen LogP contribution >= 0.6 is 11.6 Å². The molecule has 1 aliphatic rings. The third-order valence-corrected chi connectivity index (χ3v) is 4.29. The zero-order valence-corrected chi connectivity index (χ0v) is 11.3. The zero-order chi connectivity index (χ0) is 12.1. The van der Waals surface area contributed by atoms with Crippen LogP contribution < -0.4 is 5.32 Å². The van der Waals surface area contributed by atoms with E-state index in [0.29, 0.717) is 5.92 Å². The van der Waals surface area contributed by atoms with Gasteiger partial charge in [0, 0.05) is 17.5 Å². The Morgan fingerprint density at radius 2 is 1.94 bits per heavy atom. The smallest absolute Gasteiger partial charge is 0.0441 e. The van der Waals surface area contributed by atoms with Crippen molar-refractivity contribution in [2.45, 2.75) is 38.0 Å². The number of hydrogen-bond acceptors (Lipinski definition) is 1. The van der Waals surface area contributed by atoms with Gasteiger partial charge < -0.3 is 5.32 Å². The molecule has 1 N–H and O–H groups in total. The van der Waals surface area contributed by atoms with Gasteiger partial charge in [0.1, 0.15) is 0 Å². The normalized spacial score (nSPS) is 19.2. The van der Waals surface area contributed by atoms with E-state index in [9.17, 15) is 0 Å². The van der Waals surface area contributed by atoms with Crippen molar-refractivity contribution in [1.29, 1.82) is 0 Å². The third-order valence-electron chi connectivity index (χ3n) is 3.95. The van der Waals surface area contributed by atoms with Gasteiger partial charge in [0.25, 0.3) is 0 Å². The Morgan fingerprint density at radius 3 is 2.59 bits per heavy atom. The molecule has 0 spiro atoms. The summed E-state index contributed by atoms with van der Waals surface area (Å²) in [6.07, 6.45) is 6.89. The highest BCUT2D eigenvalue weighted by Gasteiger charge is 2.25. The van der Waals surface area contributed by atoms with Gasteiger partial charge in [-0.25, -0.2) is 0 Å². The van der Waals surface area contributed by atoms with Crippen LogP contribution in [0.4, 0.5) is 0 Å². The molecule has 0 heterocycles. The van der Waals surface area contributed by atoms with E-state index in [1.165, 1.54) is 37.7 Å². The van der Waals surface area contributed by atoms with Gasteiger partial charge in [-0.3, -0.25) is 0 Å². The maximum atomic E-state index is 6.35. The highest BCUT2D eigenvalue weighted by atomic mass is 35.5. The number of hydrogen-bond donors (Lipinski definition) is 1. The summed E-state index contributed by atoms with van der Waals surface area (Å²) >= 11 is 6.35. The van der Waals surface area contributed by atoms with Gasteiger partial charge in [0.05, 0.1) is 0 Å². The van der Waals surface area contributed by atoms with Crippen LogP contribution in [0.5, 0.6) is 0 Å². The summed E-state index contributed by atoms with van der Waals surface area (Å²) in [7, 11) is 2.03. The minimum absolute atomic E-state index is 0.578. The summed E-state index contributed by atoms with van der Waals surface area (Å²) in [6.45, 7) is 1.04. The van der Waals surface area contributed by atoms with Crippen LogP contribution in [-0.4, -0.2) is 13.6 Å². The Kier molecular flexibility index (Phi) is 4.87.